The first kappa shape index (κ1) is 18.5. The van der Waals surface area contributed by atoms with E-state index in [4.69, 9.17) is 0 Å². The molecule has 0 bridgehead atoms. The van der Waals surface area contributed by atoms with Gasteiger partial charge in [-0.3, -0.25) is 0 Å². The zero-order valence-corrected chi connectivity index (χ0v) is 16.3. The molecule has 0 aromatic rings. The third kappa shape index (κ3) is 8.61. The van der Waals surface area contributed by atoms with E-state index in [0.29, 0.717) is 0 Å². The van der Waals surface area contributed by atoms with Crippen LogP contribution in [0.1, 0.15) is 72.6 Å². The summed E-state index contributed by atoms with van der Waals surface area (Å²) in [5.41, 5.74) is 0. The van der Waals surface area contributed by atoms with Crippen LogP contribution in [0.3, 0.4) is 0 Å². The Balaban J connectivity index is 4.50. The molecule has 108 valence electrons. The molecule has 0 saturated carbocycles. The monoisotopic (exact) mass is 360 g/mol. The van der Waals surface area contributed by atoms with Gasteiger partial charge in [0.15, 0.2) is 0 Å². The van der Waals surface area contributed by atoms with Crippen LogP contribution in [0, 0.1) is 0 Å². The maximum atomic E-state index is 2.41. The van der Waals surface area contributed by atoms with Crippen molar-refractivity contribution in [3.8, 4) is 0 Å². The fourth-order valence-corrected chi connectivity index (χ4v) is 18.9. The van der Waals surface area contributed by atoms with Crippen molar-refractivity contribution in [2.45, 2.75) is 90.4 Å². The van der Waals surface area contributed by atoms with E-state index in [-0.39, 0.29) is 0 Å². The van der Waals surface area contributed by atoms with Gasteiger partial charge >= 0.3 is 121 Å². The Kier molecular flexibility index (Phi) is 12.9. The van der Waals surface area contributed by atoms with Crippen molar-refractivity contribution in [3.63, 3.8) is 0 Å². The van der Waals surface area contributed by atoms with Crippen molar-refractivity contribution >= 4 is 18.4 Å². The van der Waals surface area contributed by atoms with Crippen molar-refractivity contribution < 1.29 is 0 Å². The zero-order valence-electron chi connectivity index (χ0n) is 13.4. The Morgan fingerprint density at radius 2 is 1.17 bits per heavy atom. The van der Waals surface area contributed by atoms with Crippen molar-refractivity contribution in [2.75, 3.05) is 0 Å². The molecule has 0 rings (SSSR count). The van der Waals surface area contributed by atoms with Crippen LogP contribution in [0.25, 0.3) is 0 Å². The van der Waals surface area contributed by atoms with Gasteiger partial charge in [-0.1, -0.05) is 0 Å². The number of unbranched alkanes of at least 4 members (excludes halogenated alkanes) is 3. The summed E-state index contributed by atoms with van der Waals surface area (Å²) in [7, 11) is 0. The Bertz CT molecular complexity index is 174. The van der Waals surface area contributed by atoms with E-state index in [1.165, 1.54) is 44.9 Å². The van der Waals surface area contributed by atoms with Gasteiger partial charge in [-0.15, -0.1) is 0 Å². The van der Waals surface area contributed by atoms with Crippen LogP contribution in [0.5, 0.6) is 0 Å². The molecule has 0 aliphatic rings. The van der Waals surface area contributed by atoms with Crippen LogP contribution in [0.2, 0.25) is 17.7 Å². The normalized spacial score (nSPS) is 12.4. The molecule has 0 aromatic carbocycles. The summed E-state index contributed by atoms with van der Waals surface area (Å²) in [6, 6.07) is 0. The average molecular weight is 359 g/mol. The van der Waals surface area contributed by atoms with Crippen molar-refractivity contribution in [3.05, 3.63) is 12.2 Å². The first-order chi connectivity index (χ1) is 8.74. The fraction of sp³-hybridized carbons (Fsp3) is 0.882. The topological polar surface area (TPSA) is 0 Å². The summed E-state index contributed by atoms with van der Waals surface area (Å²) < 4.78 is 6.63. The molecule has 1 heteroatoms. The van der Waals surface area contributed by atoms with Crippen LogP contribution in [0.4, 0.5) is 0 Å². The molecule has 18 heavy (non-hydrogen) atoms. The molecule has 0 fully saturated rings. The van der Waals surface area contributed by atoms with E-state index in [1.54, 1.807) is 17.7 Å². The summed E-state index contributed by atoms with van der Waals surface area (Å²) >= 11 is -1.77. The van der Waals surface area contributed by atoms with Crippen molar-refractivity contribution in [2.24, 2.45) is 0 Å². The maximum absolute atomic E-state index is 2.41. The Labute approximate surface area is 121 Å². The molecular formula is C17H36Sn. The number of rotatable bonds is 12. The van der Waals surface area contributed by atoms with Crippen molar-refractivity contribution in [1.29, 1.82) is 0 Å². The second-order valence-electron chi connectivity index (χ2n) is 5.92. The quantitative estimate of drug-likeness (QED) is 0.265. The molecule has 0 amide bonds. The number of allylic oxidation sites excluding steroid dienone is 2. The van der Waals surface area contributed by atoms with Crippen LogP contribution < -0.4 is 0 Å². The van der Waals surface area contributed by atoms with Crippen molar-refractivity contribution in [1.82, 2.24) is 0 Å². The van der Waals surface area contributed by atoms with Gasteiger partial charge in [0.05, 0.1) is 0 Å². The molecule has 0 aliphatic heterocycles. The summed E-state index contributed by atoms with van der Waals surface area (Å²) in [5, 5.41) is 0. The van der Waals surface area contributed by atoms with Gasteiger partial charge in [0.1, 0.15) is 0 Å². The Morgan fingerprint density at radius 3 is 1.50 bits per heavy atom. The molecular weight excluding hydrogens is 323 g/mol. The Hall–Kier alpha value is 0.539. The first-order valence-electron chi connectivity index (χ1n) is 8.35. The minimum atomic E-state index is -1.77. The number of hydrogen-bond donors (Lipinski definition) is 0. The van der Waals surface area contributed by atoms with Gasteiger partial charge in [-0.25, -0.2) is 0 Å². The molecule has 0 saturated heterocycles. The van der Waals surface area contributed by atoms with E-state index in [0.717, 1.165) is 0 Å². The van der Waals surface area contributed by atoms with E-state index < -0.39 is 18.4 Å². The molecule has 0 nitrogen and oxygen atoms in total. The molecule has 0 atom stereocenters. The summed E-state index contributed by atoms with van der Waals surface area (Å²) in [6.07, 6.45) is 14.8. The number of hydrogen-bond acceptors (Lipinski definition) is 0. The van der Waals surface area contributed by atoms with E-state index in [2.05, 4.69) is 39.8 Å². The summed E-state index contributed by atoms with van der Waals surface area (Å²) in [6.45, 7) is 9.26. The second kappa shape index (κ2) is 12.6. The van der Waals surface area contributed by atoms with Gasteiger partial charge in [-0.2, -0.15) is 0 Å². The van der Waals surface area contributed by atoms with Gasteiger partial charge in [-0.05, 0) is 0 Å². The predicted molar refractivity (Wildman–Crippen MR) is 89.1 cm³/mol. The van der Waals surface area contributed by atoms with E-state index in [9.17, 15) is 0 Å². The van der Waals surface area contributed by atoms with Gasteiger partial charge < -0.3 is 0 Å². The fourth-order valence-electron chi connectivity index (χ4n) is 2.96. The molecule has 0 heterocycles. The third-order valence-electron chi connectivity index (χ3n) is 4.26. The predicted octanol–water partition coefficient (Wildman–Crippen LogP) is 6.80. The van der Waals surface area contributed by atoms with Crippen LogP contribution in [-0.2, 0) is 0 Å². The minimum absolute atomic E-state index is 1.38. The third-order valence-corrected chi connectivity index (χ3v) is 20.2. The first-order valence-corrected chi connectivity index (χ1v) is 16.4. The SMILES string of the molecule is C/C=C\C[CH2][Sn]([CH2]CCC)([CH2]CCC)[CH2]CCC. The van der Waals surface area contributed by atoms with Crippen LogP contribution in [0.15, 0.2) is 12.2 Å². The molecule has 0 spiro atoms. The summed E-state index contributed by atoms with van der Waals surface area (Å²) in [5.74, 6) is 0. The van der Waals surface area contributed by atoms with Crippen LogP contribution in [-0.4, -0.2) is 18.4 Å². The standard InChI is InChI=1S/C5H9.3C4H9.Sn/c1-3-5-4-2;3*1-3-4-2;/h4-5H,1,3H2,2H3;3*1,3-4H2,2H3;/b5-4-;;;;. The van der Waals surface area contributed by atoms with Gasteiger partial charge in [0.25, 0.3) is 0 Å². The molecule has 0 aliphatic carbocycles. The molecule has 0 radical (unpaired) electrons. The molecule has 0 N–H and O–H groups in total. The van der Waals surface area contributed by atoms with Gasteiger partial charge in [0, 0.05) is 0 Å². The van der Waals surface area contributed by atoms with E-state index in [1.807, 2.05) is 0 Å². The summed E-state index contributed by atoms with van der Waals surface area (Å²) in [4.78, 5) is 0. The van der Waals surface area contributed by atoms with Gasteiger partial charge in [0.2, 0.25) is 0 Å². The van der Waals surface area contributed by atoms with E-state index >= 15 is 0 Å². The molecule has 0 aromatic heterocycles. The van der Waals surface area contributed by atoms with Crippen LogP contribution >= 0.6 is 0 Å². The Morgan fingerprint density at radius 1 is 0.722 bits per heavy atom. The second-order valence-corrected chi connectivity index (χ2v) is 20.2. The zero-order chi connectivity index (χ0) is 13.7. The molecule has 0 unspecified atom stereocenters. The average Bonchev–Trinajstić information content (AvgIpc) is 2.40.